The summed E-state index contributed by atoms with van der Waals surface area (Å²) in [5.74, 6) is 5.27. The van der Waals surface area contributed by atoms with Gasteiger partial charge in [-0.3, -0.25) is 10.6 Å². The van der Waals surface area contributed by atoms with Crippen LogP contribution in [0.1, 0.15) is 29.3 Å². The van der Waals surface area contributed by atoms with Gasteiger partial charge in [0.1, 0.15) is 0 Å². The van der Waals surface area contributed by atoms with Crippen molar-refractivity contribution in [1.82, 2.24) is 4.90 Å². The third kappa shape index (κ3) is 3.22. The van der Waals surface area contributed by atoms with Gasteiger partial charge in [0.15, 0.2) is 0 Å². The summed E-state index contributed by atoms with van der Waals surface area (Å²) in [5.41, 5.74) is 4.82. The molecule has 0 spiro atoms. The van der Waals surface area contributed by atoms with Crippen LogP contribution in [0, 0.1) is 18.3 Å². The molecule has 0 radical (unpaired) electrons. The Bertz CT molecular complexity index is 465. The fourth-order valence-electron chi connectivity index (χ4n) is 1.75. The van der Waals surface area contributed by atoms with E-state index >= 15 is 0 Å². The number of hydrazine groups is 1. The van der Waals surface area contributed by atoms with Crippen molar-refractivity contribution in [2.45, 2.75) is 20.3 Å². The molecule has 0 atom stereocenters. The number of hydrogen-bond donors (Lipinski definition) is 2. The Hall–Kier alpha value is -2.06. The molecule has 0 bridgehead atoms. The third-order valence-electron chi connectivity index (χ3n) is 2.79. The van der Waals surface area contributed by atoms with Crippen LogP contribution in [0.2, 0.25) is 0 Å². The lowest BCUT2D eigenvalue weighted by molar-refractivity contribution is 0.0767. The largest absolute Gasteiger partial charge is 0.338 e. The molecule has 0 aromatic heterocycles. The van der Waals surface area contributed by atoms with Crippen molar-refractivity contribution in [3.63, 3.8) is 0 Å². The van der Waals surface area contributed by atoms with E-state index in [1.165, 1.54) is 0 Å². The van der Waals surface area contributed by atoms with Crippen molar-refractivity contribution in [3.8, 4) is 6.07 Å². The normalized spacial score (nSPS) is 9.67. The van der Waals surface area contributed by atoms with Crippen LogP contribution in [-0.4, -0.2) is 23.9 Å². The van der Waals surface area contributed by atoms with E-state index in [-0.39, 0.29) is 5.91 Å². The minimum Gasteiger partial charge on any atom is -0.338 e. The fraction of sp³-hybridized carbons (Fsp3) is 0.385. The van der Waals surface area contributed by atoms with Gasteiger partial charge in [-0.05, 0) is 37.6 Å². The number of anilines is 1. The number of nitrogens with zero attached hydrogens (tertiary/aromatic N) is 2. The molecular formula is C13H18N4O. The van der Waals surface area contributed by atoms with Crippen molar-refractivity contribution < 1.29 is 4.79 Å². The quantitative estimate of drug-likeness (QED) is 0.611. The highest BCUT2D eigenvalue weighted by Crippen LogP contribution is 2.16. The summed E-state index contributed by atoms with van der Waals surface area (Å²) in [6, 6.07) is 7.39. The van der Waals surface area contributed by atoms with Crippen LogP contribution in [0.25, 0.3) is 0 Å². The third-order valence-corrected chi connectivity index (χ3v) is 2.79. The van der Waals surface area contributed by atoms with Crippen molar-refractivity contribution in [1.29, 1.82) is 5.26 Å². The molecule has 1 aromatic rings. The fourth-order valence-corrected chi connectivity index (χ4v) is 1.75. The smallest absolute Gasteiger partial charge is 0.254 e. The molecule has 1 amide bonds. The Morgan fingerprint density at radius 3 is 2.78 bits per heavy atom. The van der Waals surface area contributed by atoms with Gasteiger partial charge in [0, 0.05) is 24.3 Å². The van der Waals surface area contributed by atoms with Gasteiger partial charge < -0.3 is 10.3 Å². The lowest BCUT2D eigenvalue weighted by Crippen LogP contribution is -2.32. The van der Waals surface area contributed by atoms with Gasteiger partial charge in [-0.1, -0.05) is 0 Å². The zero-order valence-corrected chi connectivity index (χ0v) is 10.7. The molecule has 0 aliphatic rings. The summed E-state index contributed by atoms with van der Waals surface area (Å²) < 4.78 is 0. The number of rotatable bonds is 5. The second-order valence-corrected chi connectivity index (χ2v) is 3.97. The summed E-state index contributed by atoms with van der Waals surface area (Å²) in [7, 11) is 0. The summed E-state index contributed by atoms with van der Waals surface area (Å²) in [5, 5.41) is 8.58. The van der Waals surface area contributed by atoms with E-state index in [0.717, 1.165) is 11.3 Å². The number of carbonyl (C=O) groups is 1. The van der Waals surface area contributed by atoms with Crippen molar-refractivity contribution in [2.75, 3.05) is 18.5 Å². The average molecular weight is 246 g/mol. The molecule has 1 rings (SSSR count). The van der Waals surface area contributed by atoms with E-state index in [1.807, 2.05) is 19.9 Å². The Kier molecular flexibility index (Phi) is 5.15. The monoisotopic (exact) mass is 246 g/mol. The predicted octanol–water partition coefficient (Wildman–Crippen LogP) is 1.66. The standard InChI is InChI=1S/C13H18N4O/c1-3-17(8-4-7-14)13(18)12-6-5-11(16-15)9-10(12)2/h5-6,9,16H,3-4,8,15H2,1-2H3. The molecular weight excluding hydrogens is 228 g/mol. The zero-order valence-electron chi connectivity index (χ0n) is 10.7. The second-order valence-electron chi connectivity index (χ2n) is 3.97. The Morgan fingerprint density at radius 1 is 1.56 bits per heavy atom. The van der Waals surface area contributed by atoms with Crippen LogP contribution in [0.4, 0.5) is 5.69 Å². The minimum atomic E-state index is -0.0474. The van der Waals surface area contributed by atoms with Gasteiger partial charge in [-0.2, -0.15) is 5.26 Å². The average Bonchev–Trinajstić information content (AvgIpc) is 2.39. The topological polar surface area (TPSA) is 82.2 Å². The lowest BCUT2D eigenvalue weighted by Gasteiger charge is -2.20. The van der Waals surface area contributed by atoms with E-state index < -0.39 is 0 Å². The number of nitrogens with two attached hydrogens (primary N) is 1. The molecule has 0 saturated carbocycles. The Balaban J connectivity index is 2.92. The molecule has 0 unspecified atom stereocenters. The highest BCUT2D eigenvalue weighted by Gasteiger charge is 2.15. The van der Waals surface area contributed by atoms with Crippen LogP contribution < -0.4 is 11.3 Å². The zero-order chi connectivity index (χ0) is 13.5. The van der Waals surface area contributed by atoms with Gasteiger partial charge in [-0.25, -0.2) is 0 Å². The minimum absolute atomic E-state index is 0.0474. The molecule has 3 N–H and O–H groups in total. The molecule has 0 aliphatic heterocycles. The molecule has 18 heavy (non-hydrogen) atoms. The first-order valence-electron chi connectivity index (χ1n) is 5.87. The van der Waals surface area contributed by atoms with Gasteiger partial charge in [0.2, 0.25) is 0 Å². The summed E-state index contributed by atoms with van der Waals surface area (Å²) in [6.07, 6.45) is 0.348. The first-order chi connectivity index (χ1) is 8.63. The van der Waals surface area contributed by atoms with Crippen molar-refractivity contribution >= 4 is 11.6 Å². The second kappa shape index (κ2) is 6.62. The number of nitriles is 1. The molecule has 5 heteroatoms. The van der Waals surface area contributed by atoms with Gasteiger partial charge in [0.25, 0.3) is 5.91 Å². The molecule has 0 heterocycles. The molecule has 1 aromatic carbocycles. The molecule has 0 saturated heterocycles. The summed E-state index contributed by atoms with van der Waals surface area (Å²) in [4.78, 5) is 13.9. The van der Waals surface area contributed by atoms with E-state index in [4.69, 9.17) is 11.1 Å². The highest BCUT2D eigenvalue weighted by molar-refractivity contribution is 5.96. The van der Waals surface area contributed by atoms with Crippen molar-refractivity contribution in [3.05, 3.63) is 29.3 Å². The Morgan fingerprint density at radius 2 is 2.28 bits per heavy atom. The van der Waals surface area contributed by atoms with E-state index in [0.29, 0.717) is 25.1 Å². The number of aryl methyl sites for hydroxylation is 1. The van der Waals surface area contributed by atoms with Crippen LogP contribution in [0.3, 0.4) is 0 Å². The first kappa shape index (κ1) is 14.0. The van der Waals surface area contributed by atoms with Crippen LogP contribution in [0.15, 0.2) is 18.2 Å². The van der Waals surface area contributed by atoms with Gasteiger partial charge in [-0.15, -0.1) is 0 Å². The number of hydrogen-bond acceptors (Lipinski definition) is 4. The lowest BCUT2D eigenvalue weighted by atomic mass is 10.1. The summed E-state index contributed by atoms with van der Waals surface area (Å²) in [6.45, 7) is 4.83. The number of nitrogens with one attached hydrogen (secondary N) is 1. The van der Waals surface area contributed by atoms with Crippen LogP contribution in [0.5, 0.6) is 0 Å². The maximum atomic E-state index is 12.3. The SMILES string of the molecule is CCN(CCC#N)C(=O)c1ccc(NN)cc1C. The van der Waals surface area contributed by atoms with E-state index in [2.05, 4.69) is 11.5 Å². The molecule has 0 aliphatic carbocycles. The highest BCUT2D eigenvalue weighted by atomic mass is 16.2. The maximum absolute atomic E-state index is 12.3. The number of amides is 1. The Labute approximate surface area is 107 Å². The number of benzene rings is 1. The van der Waals surface area contributed by atoms with Gasteiger partial charge in [0.05, 0.1) is 12.5 Å². The van der Waals surface area contributed by atoms with Crippen molar-refractivity contribution in [2.24, 2.45) is 5.84 Å². The first-order valence-corrected chi connectivity index (χ1v) is 5.87. The van der Waals surface area contributed by atoms with Gasteiger partial charge >= 0.3 is 0 Å². The number of carbonyl (C=O) groups excluding carboxylic acids is 1. The summed E-state index contributed by atoms with van der Waals surface area (Å²) >= 11 is 0. The van der Waals surface area contributed by atoms with E-state index in [1.54, 1.807) is 17.0 Å². The molecule has 96 valence electrons. The molecule has 5 nitrogen and oxygen atoms in total. The predicted molar refractivity (Wildman–Crippen MR) is 70.8 cm³/mol. The maximum Gasteiger partial charge on any atom is 0.254 e. The van der Waals surface area contributed by atoms with Crippen LogP contribution >= 0.6 is 0 Å². The van der Waals surface area contributed by atoms with E-state index in [9.17, 15) is 4.79 Å². The van der Waals surface area contributed by atoms with Crippen LogP contribution in [-0.2, 0) is 0 Å². The number of nitrogen functional groups attached to an aromatic ring is 1. The molecule has 0 fully saturated rings.